The third-order valence-electron chi connectivity index (χ3n) is 2.67. The van der Waals surface area contributed by atoms with Crippen LogP contribution in [-0.2, 0) is 4.79 Å². The highest BCUT2D eigenvalue weighted by molar-refractivity contribution is 7.12. The Balaban J connectivity index is 1.79. The summed E-state index contributed by atoms with van der Waals surface area (Å²) in [5.74, 6) is 0.641. The molecule has 2 atom stereocenters. The average Bonchev–Trinajstić information content (AvgIpc) is 2.75. The average molecular weight is 223 g/mol. The highest BCUT2D eigenvalue weighted by atomic mass is 32.1. The molecule has 1 fully saturated rings. The van der Waals surface area contributed by atoms with E-state index in [2.05, 4.69) is 5.32 Å². The maximum absolute atomic E-state index is 11.5. The van der Waals surface area contributed by atoms with E-state index in [9.17, 15) is 9.59 Å². The zero-order valence-corrected chi connectivity index (χ0v) is 9.34. The molecule has 1 aliphatic carbocycles. The fourth-order valence-corrected chi connectivity index (χ4v) is 2.17. The number of thiophene rings is 1. The maximum Gasteiger partial charge on any atom is 0.223 e. The van der Waals surface area contributed by atoms with Gasteiger partial charge in [0.25, 0.3) is 0 Å². The molecule has 1 aromatic heterocycles. The summed E-state index contributed by atoms with van der Waals surface area (Å²) in [4.78, 5) is 23.7. The van der Waals surface area contributed by atoms with Gasteiger partial charge >= 0.3 is 0 Å². The number of ketones is 1. The first-order valence-electron chi connectivity index (χ1n) is 5.03. The number of hydrogen-bond acceptors (Lipinski definition) is 3. The molecule has 0 radical (unpaired) electrons. The van der Waals surface area contributed by atoms with Crippen molar-refractivity contribution in [1.82, 2.24) is 5.32 Å². The van der Waals surface area contributed by atoms with Crippen molar-refractivity contribution < 1.29 is 9.59 Å². The Kier molecular flexibility index (Phi) is 2.86. The van der Waals surface area contributed by atoms with Crippen molar-refractivity contribution in [2.45, 2.75) is 13.3 Å². The molecule has 0 bridgehead atoms. The third kappa shape index (κ3) is 2.45. The molecule has 0 spiro atoms. The number of nitrogens with one attached hydrogen (secondary N) is 1. The lowest BCUT2D eigenvalue weighted by Crippen LogP contribution is -2.30. The molecule has 0 saturated heterocycles. The Hall–Kier alpha value is -1.16. The van der Waals surface area contributed by atoms with Crippen LogP contribution in [0, 0.1) is 11.8 Å². The van der Waals surface area contributed by atoms with Gasteiger partial charge in [-0.15, -0.1) is 11.3 Å². The van der Waals surface area contributed by atoms with Crippen LogP contribution < -0.4 is 5.32 Å². The van der Waals surface area contributed by atoms with Gasteiger partial charge in [-0.3, -0.25) is 9.59 Å². The van der Waals surface area contributed by atoms with Crippen LogP contribution in [0.2, 0.25) is 0 Å². The van der Waals surface area contributed by atoms with Crippen molar-refractivity contribution in [3.05, 3.63) is 22.4 Å². The molecule has 2 rings (SSSR count). The minimum Gasteiger partial charge on any atom is -0.348 e. The van der Waals surface area contributed by atoms with Gasteiger partial charge in [0.2, 0.25) is 5.91 Å². The Labute approximate surface area is 92.5 Å². The van der Waals surface area contributed by atoms with Crippen LogP contribution >= 0.6 is 11.3 Å². The highest BCUT2D eigenvalue weighted by Crippen LogP contribution is 2.37. The van der Waals surface area contributed by atoms with E-state index in [0.717, 1.165) is 6.42 Å². The number of carbonyl (C=O) groups is 2. The van der Waals surface area contributed by atoms with E-state index in [0.29, 0.717) is 10.8 Å². The van der Waals surface area contributed by atoms with Gasteiger partial charge in [0.1, 0.15) is 0 Å². The monoisotopic (exact) mass is 223 g/mol. The summed E-state index contributed by atoms with van der Waals surface area (Å²) in [5.41, 5.74) is 0. The first-order chi connectivity index (χ1) is 7.18. The molecule has 3 nitrogen and oxygen atoms in total. The fourth-order valence-electron chi connectivity index (χ4n) is 1.51. The predicted molar refractivity (Wildman–Crippen MR) is 58.9 cm³/mol. The summed E-state index contributed by atoms with van der Waals surface area (Å²) in [6, 6.07) is 3.61. The summed E-state index contributed by atoms with van der Waals surface area (Å²) in [6.45, 7) is 2.17. The van der Waals surface area contributed by atoms with Crippen LogP contribution in [0.1, 0.15) is 23.0 Å². The summed E-state index contributed by atoms with van der Waals surface area (Å²) < 4.78 is 0. The predicted octanol–water partition coefficient (Wildman–Crippen LogP) is 1.70. The lowest BCUT2D eigenvalue weighted by Gasteiger charge is -2.01. The lowest BCUT2D eigenvalue weighted by molar-refractivity contribution is -0.122. The molecule has 1 heterocycles. The zero-order valence-electron chi connectivity index (χ0n) is 8.53. The summed E-state index contributed by atoms with van der Waals surface area (Å²) in [6.07, 6.45) is 0.957. The Bertz CT molecular complexity index is 372. The molecule has 1 aromatic rings. The number of Topliss-reactive ketones (excluding diaryl/α,β-unsaturated/α-hetero) is 1. The Morgan fingerprint density at radius 1 is 1.60 bits per heavy atom. The van der Waals surface area contributed by atoms with Crippen molar-refractivity contribution in [3.63, 3.8) is 0 Å². The van der Waals surface area contributed by atoms with Crippen molar-refractivity contribution in [2.24, 2.45) is 11.8 Å². The summed E-state index contributed by atoms with van der Waals surface area (Å²) in [7, 11) is 0. The van der Waals surface area contributed by atoms with Crippen molar-refractivity contribution in [2.75, 3.05) is 6.54 Å². The van der Waals surface area contributed by atoms with Gasteiger partial charge < -0.3 is 5.32 Å². The normalized spacial score (nSPS) is 23.5. The van der Waals surface area contributed by atoms with Gasteiger partial charge in [0.05, 0.1) is 11.4 Å². The molecule has 0 aromatic carbocycles. The molecule has 1 aliphatic rings. The number of rotatable bonds is 4. The van der Waals surface area contributed by atoms with E-state index in [-0.39, 0.29) is 24.2 Å². The minimum atomic E-state index is -0.00773. The van der Waals surface area contributed by atoms with Gasteiger partial charge in [0.15, 0.2) is 5.78 Å². The molecule has 15 heavy (non-hydrogen) atoms. The van der Waals surface area contributed by atoms with Crippen molar-refractivity contribution in [1.29, 1.82) is 0 Å². The largest absolute Gasteiger partial charge is 0.348 e. The number of carbonyl (C=O) groups excluding carboxylic acids is 2. The van der Waals surface area contributed by atoms with Gasteiger partial charge in [-0.25, -0.2) is 0 Å². The molecule has 1 amide bonds. The third-order valence-corrected chi connectivity index (χ3v) is 3.58. The molecule has 1 saturated carbocycles. The number of amides is 1. The smallest absolute Gasteiger partial charge is 0.223 e. The fraction of sp³-hybridized carbons (Fsp3) is 0.455. The van der Waals surface area contributed by atoms with E-state index in [1.807, 2.05) is 18.4 Å². The van der Waals surface area contributed by atoms with Gasteiger partial charge in [-0.1, -0.05) is 13.0 Å². The van der Waals surface area contributed by atoms with Crippen LogP contribution in [-0.4, -0.2) is 18.2 Å². The van der Waals surface area contributed by atoms with Gasteiger partial charge in [-0.2, -0.15) is 0 Å². The van der Waals surface area contributed by atoms with Crippen LogP contribution in [0.4, 0.5) is 0 Å². The second kappa shape index (κ2) is 4.14. The van der Waals surface area contributed by atoms with Crippen molar-refractivity contribution in [3.8, 4) is 0 Å². The van der Waals surface area contributed by atoms with E-state index in [1.165, 1.54) is 11.3 Å². The Morgan fingerprint density at radius 3 is 2.87 bits per heavy atom. The van der Waals surface area contributed by atoms with Gasteiger partial charge in [-0.05, 0) is 23.8 Å². The molecule has 4 heteroatoms. The molecular weight excluding hydrogens is 210 g/mol. The van der Waals surface area contributed by atoms with E-state index >= 15 is 0 Å². The highest BCUT2D eigenvalue weighted by Gasteiger charge is 2.38. The van der Waals surface area contributed by atoms with Crippen LogP contribution in [0.15, 0.2) is 17.5 Å². The van der Waals surface area contributed by atoms with Gasteiger partial charge in [0, 0.05) is 5.92 Å². The zero-order chi connectivity index (χ0) is 10.8. The van der Waals surface area contributed by atoms with Crippen molar-refractivity contribution >= 4 is 23.0 Å². The molecule has 0 unspecified atom stereocenters. The first kappa shape index (κ1) is 10.4. The van der Waals surface area contributed by atoms with E-state index < -0.39 is 0 Å². The standard InChI is InChI=1S/C11H13NO2S/c1-7-5-8(7)11(14)12-6-9(13)10-3-2-4-15-10/h2-4,7-8H,5-6H2,1H3,(H,12,14)/t7-,8-/m1/s1. The topological polar surface area (TPSA) is 46.2 Å². The quantitative estimate of drug-likeness (QED) is 0.790. The molecule has 1 N–H and O–H groups in total. The number of hydrogen-bond donors (Lipinski definition) is 1. The SMILES string of the molecule is C[C@@H]1C[C@H]1C(=O)NCC(=O)c1cccs1. The summed E-state index contributed by atoms with van der Waals surface area (Å²) in [5, 5.41) is 4.54. The van der Waals surface area contributed by atoms with Crippen LogP contribution in [0.3, 0.4) is 0 Å². The van der Waals surface area contributed by atoms with E-state index in [4.69, 9.17) is 0 Å². The minimum absolute atomic E-state index is 0.00773. The second-order valence-electron chi connectivity index (χ2n) is 3.94. The Morgan fingerprint density at radius 2 is 2.33 bits per heavy atom. The lowest BCUT2D eigenvalue weighted by atomic mass is 10.3. The molecular formula is C11H13NO2S. The van der Waals surface area contributed by atoms with Crippen LogP contribution in [0.25, 0.3) is 0 Å². The second-order valence-corrected chi connectivity index (χ2v) is 4.89. The molecule has 0 aliphatic heterocycles. The first-order valence-corrected chi connectivity index (χ1v) is 5.91. The van der Waals surface area contributed by atoms with Crippen LogP contribution in [0.5, 0.6) is 0 Å². The summed E-state index contributed by atoms with van der Waals surface area (Å²) >= 11 is 1.41. The maximum atomic E-state index is 11.5. The molecule has 80 valence electrons. The van der Waals surface area contributed by atoms with E-state index in [1.54, 1.807) is 6.07 Å².